The van der Waals surface area contributed by atoms with Crippen LogP contribution in [-0.2, 0) is 6.54 Å². The SMILES string of the molecule is CC(C)N1CCN(Cc2ccc(Nc3cccc(-c4nccs4)n3)nc2)CC1. The van der Waals surface area contributed by atoms with E-state index < -0.39 is 0 Å². The van der Waals surface area contributed by atoms with Crippen molar-refractivity contribution in [3.8, 4) is 10.7 Å². The molecule has 1 aliphatic rings. The van der Waals surface area contributed by atoms with Gasteiger partial charge in [0.2, 0.25) is 0 Å². The smallest absolute Gasteiger partial charge is 0.141 e. The first-order chi connectivity index (χ1) is 13.7. The lowest BCUT2D eigenvalue weighted by molar-refractivity contribution is 0.104. The summed E-state index contributed by atoms with van der Waals surface area (Å²) in [5.74, 6) is 1.58. The summed E-state index contributed by atoms with van der Waals surface area (Å²) in [5, 5.41) is 6.17. The Kier molecular flexibility index (Phi) is 5.95. The first kappa shape index (κ1) is 19.0. The summed E-state index contributed by atoms with van der Waals surface area (Å²) < 4.78 is 0. The van der Waals surface area contributed by atoms with Gasteiger partial charge in [0.25, 0.3) is 0 Å². The zero-order chi connectivity index (χ0) is 19.3. The van der Waals surface area contributed by atoms with Gasteiger partial charge >= 0.3 is 0 Å². The van der Waals surface area contributed by atoms with Gasteiger partial charge < -0.3 is 5.32 Å². The van der Waals surface area contributed by atoms with E-state index in [1.165, 1.54) is 5.56 Å². The highest BCUT2D eigenvalue weighted by Crippen LogP contribution is 2.22. The van der Waals surface area contributed by atoms with E-state index in [0.29, 0.717) is 6.04 Å². The van der Waals surface area contributed by atoms with E-state index in [1.54, 1.807) is 17.5 Å². The summed E-state index contributed by atoms with van der Waals surface area (Å²) in [6.07, 6.45) is 3.76. The van der Waals surface area contributed by atoms with Crippen molar-refractivity contribution in [3.63, 3.8) is 0 Å². The number of anilines is 2. The van der Waals surface area contributed by atoms with Gasteiger partial charge in [0.05, 0.1) is 0 Å². The highest BCUT2D eigenvalue weighted by molar-refractivity contribution is 7.13. The van der Waals surface area contributed by atoms with Gasteiger partial charge in [-0.25, -0.2) is 15.0 Å². The molecule has 0 spiro atoms. The predicted octanol–water partition coefficient (Wildman–Crippen LogP) is 3.87. The third kappa shape index (κ3) is 4.73. The molecule has 1 N–H and O–H groups in total. The van der Waals surface area contributed by atoms with Gasteiger partial charge in [-0.3, -0.25) is 9.80 Å². The Labute approximate surface area is 170 Å². The molecular formula is C21H26N6S. The minimum atomic E-state index is 0.636. The number of piperazine rings is 1. The van der Waals surface area contributed by atoms with E-state index in [-0.39, 0.29) is 0 Å². The Morgan fingerprint density at radius 1 is 1.04 bits per heavy atom. The molecule has 0 unspecified atom stereocenters. The average Bonchev–Trinajstić information content (AvgIpc) is 3.25. The van der Waals surface area contributed by atoms with E-state index in [4.69, 9.17) is 0 Å². The van der Waals surface area contributed by atoms with Crippen LogP contribution in [0.3, 0.4) is 0 Å². The van der Waals surface area contributed by atoms with Gasteiger partial charge in [0.1, 0.15) is 22.3 Å². The minimum absolute atomic E-state index is 0.636. The first-order valence-corrected chi connectivity index (χ1v) is 10.6. The van der Waals surface area contributed by atoms with Crippen LogP contribution in [0.15, 0.2) is 48.1 Å². The summed E-state index contributed by atoms with van der Waals surface area (Å²) in [6, 6.07) is 10.7. The molecule has 28 heavy (non-hydrogen) atoms. The second kappa shape index (κ2) is 8.77. The quantitative estimate of drug-likeness (QED) is 0.685. The Bertz CT molecular complexity index is 870. The molecule has 1 aliphatic heterocycles. The molecule has 146 valence electrons. The maximum absolute atomic E-state index is 4.63. The summed E-state index contributed by atoms with van der Waals surface area (Å²) in [4.78, 5) is 18.6. The number of hydrogen-bond acceptors (Lipinski definition) is 7. The molecule has 0 bridgehead atoms. The summed E-state index contributed by atoms with van der Waals surface area (Å²) in [6.45, 7) is 10.0. The Hall–Kier alpha value is -2.35. The highest BCUT2D eigenvalue weighted by Gasteiger charge is 2.18. The number of hydrogen-bond donors (Lipinski definition) is 1. The molecule has 3 aromatic rings. The maximum atomic E-state index is 4.63. The fourth-order valence-electron chi connectivity index (χ4n) is 3.39. The molecule has 4 rings (SSSR count). The Morgan fingerprint density at radius 3 is 2.57 bits per heavy atom. The summed E-state index contributed by atoms with van der Waals surface area (Å²) >= 11 is 1.59. The van der Waals surface area contributed by atoms with Gasteiger partial charge in [-0.05, 0) is 37.6 Å². The molecule has 1 fully saturated rings. The molecule has 3 aromatic heterocycles. The predicted molar refractivity (Wildman–Crippen MR) is 115 cm³/mol. The van der Waals surface area contributed by atoms with Crippen molar-refractivity contribution in [1.29, 1.82) is 0 Å². The lowest BCUT2D eigenvalue weighted by Crippen LogP contribution is -2.48. The molecule has 0 aromatic carbocycles. The van der Waals surface area contributed by atoms with Crippen molar-refractivity contribution < 1.29 is 0 Å². The third-order valence-corrected chi connectivity index (χ3v) is 5.82. The van der Waals surface area contributed by atoms with Crippen molar-refractivity contribution in [1.82, 2.24) is 24.8 Å². The number of pyridine rings is 2. The molecule has 0 saturated carbocycles. The molecule has 0 atom stereocenters. The second-order valence-corrected chi connectivity index (χ2v) is 8.22. The number of rotatable bonds is 6. The van der Waals surface area contributed by atoms with Crippen LogP contribution in [0.2, 0.25) is 0 Å². The topological polar surface area (TPSA) is 57.2 Å². The second-order valence-electron chi connectivity index (χ2n) is 7.33. The number of nitrogens with one attached hydrogen (secondary N) is 1. The molecule has 4 heterocycles. The molecule has 0 amide bonds. The van der Waals surface area contributed by atoms with Crippen LogP contribution < -0.4 is 5.32 Å². The third-order valence-electron chi connectivity index (χ3n) is 5.02. The monoisotopic (exact) mass is 394 g/mol. The standard InChI is InChI=1S/C21H26N6S/c1-16(2)27-11-9-26(10-12-27)15-17-6-7-19(23-14-17)25-20-5-3-4-18(24-20)21-22-8-13-28-21/h3-8,13-14,16H,9-12,15H2,1-2H3,(H,23,24,25). The fourth-order valence-corrected chi connectivity index (χ4v) is 4.00. The normalized spacial score (nSPS) is 15.8. The van der Waals surface area contributed by atoms with Crippen LogP contribution in [0.1, 0.15) is 19.4 Å². The van der Waals surface area contributed by atoms with Crippen LogP contribution in [0.5, 0.6) is 0 Å². The first-order valence-electron chi connectivity index (χ1n) is 9.72. The number of aromatic nitrogens is 3. The van der Waals surface area contributed by atoms with Crippen molar-refractivity contribution in [2.45, 2.75) is 26.4 Å². The fraction of sp³-hybridized carbons (Fsp3) is 0.381. The largest absolute Gasteiger partial charge is 0.325 e. The minimum Gasteiger partial charge on any atom is -0.325 e. The highest BCUT2D eigenvalue weighted by atomic mass is 32.1. The Balaban J connectivity index is 1.35. The molecule has 7 heteroatoms. The van der Waals surface area contributed by atoms with Crippen LogP contribution in [0.25, 0.3) is 10.7 Å². The van der Waals surface area contributed by atoms with E-state index in [9.17, 15) is 0 Å². The molecule has 0 radical (unpaired) electrons. The van der Waals surface area contributed by atoms with Gasteiger partial charge in [0.15, 0.2) is 0 Å². The lowest BCUT2D eigenvalue weighted by Gasteiger charge is -2.36. The van der Waals surface area contributed by atoms with Gasteiger partial charge in [0, 0.05) is 56.5 Å². The maximum Gasteiger partial charge on any atom is 0.141 e. The molecule has 0 aliphatic carbocycles. The Morgan fingerprint density at radius 2 is 1.89 bits per heavy atom. The lowest BCUT2D eigenvalue weighted by atomic mass is 10.2. The van der Waals surface area contributed by atoms with Crippen LogP contribution in [0, 0.1) is 0 Å². The van der Waals surface area contributed by atoms with E-state index in [0.717, 1.165) is 55.1 Å². The molecule has 1 saturated heterocycles. The van der Waals surface area contributed by atoms with Gasteiger partial charge in [-0.1, -0.05) is 12.1 Å². The van der Waals surface area contributed by atoms with Crippen molar-refractivity contribution >= 4 is 23.0 Å². The van der Waals surface area contributed by atoms with Crippen LogP contribution in [0.4, 0.5) is 11.6 Å². The number of nitrogens with zero attached hydrogens (tertiary/aromatic N) is 5. The molecular weight excluding hydrogens is 368 g/mol. The van der Waals surface area contributed by atoms with Crippen LogP contribution in [-0.4, -0.2) is 57.0 Å². The zero-order valence-electron chi connectivity index (χ0n) is 16.4. The van der Waals surface area contributed by atoms with E-state index >= 15 is 0 Å². The van der Waals surface area contributed by atoms with Crippen molar-refractivity contribution in [3.05, 3.63) is 53.7 Å². The summed E-state index contributed by atoms with van der Waals surface area (Å²) in [7, 11) is 0. The van der Waals surface area contributed by atoms with E-state index in [2.05, 4.69) is 50.0 Å². The van der Waals surface area contributed by atoms with E-state index in [1.807, 2.05) is 35.8 Å². The van der Waals surface area contributed by atoms with Crippen molar-refractivity contribution in [2.75, 3.05) is 31.5 Å². The van der Waals surface area contributed by atoms with Crippen molar-refractivity contribution in [2.24, 2.45) is 0 Å². The summed E-state index contributed by atoms with van der Waals surface area (Å²) in [5.41, 5.74) is 2.12. The van der Waals surface area contributed by atoms with Crippen LogP contribution >= 0.6 is 11.3 Å². The van der Waals surface area contributed by atoms with Gasteiger partial charge in [-0.15, -0.1) is 11.3 Å². The number of thiazole rings is 1. The average molecular weight is 395 g/mol. The molecule has 6 nitrogen and oxygen atoms in total. The van der Waals surface area contributed by atoms with Gasteiger partial charge in [-0.2, -0.15) is 0 Å². The zero-order valence-corrected chi connectivity index (χ0v) is 17.2.